The van der Waals surface area contributed by atoms with E-state index in [4.69, 9.17) is 5.73 Å². The second-order valence-corrected chi connectivity index (χ2v) is 7.50. The van der Waals surface area contributed by atoms with Gasteiger partial charge in [-0.2, -0.15) is 0 Å². The number of nitrogens with zero attached hydrogens (tertiary/aromatic N) is 1. The van der Waals surface area contributed by atoms with Gasteiger partial charge in [-0.05, 0) is 62.9 Å². The molecule has 2 fully saturated rings. The van der Waals surface area contributed by atoms with Crippen molar-refractivity contribution in [1.82, 2.24) is 4.90 Å². The molecular weight excluding hydrogens is 326 g/mol. The number of anilines is 1. The largest absolute Gasteiger partial charge is 0.377 e. The van der Waals surface area contributed by atoms with Gasteiger partial charge in [0, 0.05) is 29.3 Å². The minimum Gasteiger partial charge on any atom is -0.377 e. The number of piperidine rings is 1. The molecule has 3 nitrogen and oxygen atoms in total. The predicted octanol–water partition coefficient (Wildman–Crippen LogP) is 3.43. The summed E-state index contributed by atoms with van der Waals surface area (Å²) in [7, 11) is 0. The third-order valence-corrected chi connectivity index (χ3v) is 6.54. The lowest BCUT2D eigenvalue weighted by molar-refractivity contribution is 0.167. The van der Waals surface area contributed by atoms with E-state index in [0.29, 0.717) is 12.6 Å². The van der Waals surface area contributed by atoms with Crippen molar-refractivity contribution in [2.24, 2.45) is 5.73 Å². The molecule has 0 aliphatic carbocycles. The van der Waals surface area contributed by atoms with Crippen molar-refractivity contribution in [3.63, 3.8) is 0 Å². The standard InChI is InChI=1S/C17H26BrN3/c1-12-9-14(10-13(2)16(12)18)20-17(11-19)6-8-21-7-4-3-5-15(17)21/h9-10,15,20H,3-8,11,19H2,1-2H3. The van der Waals surface area contributed by atoms with Crippen LogP contribution in [-0.4, -0.2) is 36.1 Å². The predicted molar refractivity (Wildman–Crippen MR) is 92.9 cm³/mol. The molecule has 2 unspecified atom stereocenters. The molecule has 0 spiro atoms. The Hall–Kier alpha value is -0.580. The highest BCUT2D eigenvalue weighted by Crippen LogP contribution is 2.38. The third-order valence-electron chi connectivity index (χ3n) is 5.29. The van der Waals surface area contributed by atoms with Crippen molar-refractivity contribution in [2.75, 3.05) is 25.0 Å². The van der Waals surface area contributed by atoms with E-state index in [2.05, 4.69) is 52.1 Å². The monoisotopic (exact) mass is 351 g/mol. The summed E-state index contributed by atoms with van der Waals surface area (Å²) in [6.45, 7) is 7.44. The summed E-state index contributed by atoms with van der Waals surface area (Å²) in [6, 6.07) is 5.07. The average Bonchev–Trinajstić information content (AvgIpc) is 2.84. The van der Waals surface area contributed by atoms with Crippen LogP contribution in [0.15, 0.2) is 16.6 Å². The number of hydrogen-bond acceptors (Lipinski definition) is 3. The van der Waals surface area contributed by atoms with E-state index in [0.717, 1.165) is 6.42 Å². The SMILES string of the molecule is Cc1cc(NC2(CN)CCN3CCCCC32)cc(C)c1Br. The fraction of sp³-hybridized carbons (Fsp3) is 0.647. The van der Waals surface area contributed by atoms with Gasteiger partial charge in [0.2, 0.25) is 0 Å². The summed E-state index contributed by atoms with van der Waals surface area (Å²) in [5.74, 6) is 0. The maximum atomic E-state index is 6.23. The van der Waals surface area contributed by atoms with E-state index in [1.807, 2.05) is 0 Å². The number of benzene rings is 1. The van der Waals surface area contributed by atoms with E-state index >= 15 is 0 Å². The van der Waals surface area contributed by atoms with E-state index in [-0.39, 0.29) is 5.54 Å². The van der Waals surface area contributed by atoms with Gasteiger partial charge < -0.3 is 11.1 Å². The van der Waals surface area contributed by atoms with Crippen molar-refractivity contribution < 1.29 is 0 Å². The Morgan fingerprint density at radius 2 is 2.00 bits per heavy atom. The molecule has 2 heterocycles. The summed E-state index contributed by atoms with van der Waals surface area (Å²) >= 11 is 3.65. The number of nitrogens with one attached hydrogen (secondary N) is 1. The molecule has 2 atom stereocenters. The van der Waals surface area contributed by atoms with Crippen LogP contribution in [0.3, 0.4) is 0 Å². The molecule has 3 N–H and O–H groups in total. The maximum Gasteiger partial charge on any atom is 0.0662 e. The van der Waals surface area contributed by atoms with Crippen LogP contribution >= 0.6 is 15.9 Å². The lowest BCUT2D eigenvalue weighted by atomic mass is 9.85. The van der Waals surface area contributed by atoms with Crippen LogP contribution in [0.4, 0.5) is 5.69 Å². The summed E-state index contributed by atoms with van der Waals surface area (Å²) < 4.78 is 1.21. The van der Waals surface area contributed by atoms with E-state index in [1.54, 1.807) is 0 Å². The number of hydrogen-bond donors (Lipinski definition) is 2. The van der Waals surface area contributed by atoms with Gasteiger partial charge in [0.15, 0.2) is 0 Å². The first-order chi connectivity index (χ1) is 10.1. The van der Waals surface area contributed by atoms with Crippen LogP contribution in [0.2, 0.25) is 0 Å². The van der Waals surface area contributed by atoms with Crippen molar-refractivity contribution >= 4 is 21.6 Å². The number of fused-ring (bicyclic) bond motifs is 1. The molecule has 2 saturated heterocycles. The quantitative estimate of drug-likeness (QED) is 0.876. The van der Waals surface area contributed by atoms with Crippen LogP contribution in [0.25, 0.3) is 0 Å². The molecule has 0 aromatic heterocycles. The van der Waals surface area contributed by atoms with Gasteiger partial charge in [-0.25, -0.2) is 0 Å². The van der Waals surface area contributed by atoms with Gasteiger partial charge in [-0.1, -0.05) is 22.4 Å². The molecule has 1 aromatic rings. The minimum atomic E-state index is 0.0487. The van der Waals surface area contributed by atoms with Crippen LogP contribution in [-0.2, 0) is 0 Å². The summed E-state index contributed by atoms with van der Waals surface area (Å²) in [5, 5.41) is 3.82. The lowest BCUT2D eigenvalue weighted by Gasteiger charge is -2.41. The van der Waals surface area contributed by atoms with Crippen LogP contribution in [0.5, 0.6) is 0 Å². The molecule has 0 bridgehead atoms. The van der Waals surface area contributed by atoms with Gasteiger partial charge in [0.25, 0.3) is 0 Å². The van der Waals surface area contributed by atoms with Crippen molar-refractivity contribution in [3.8, 4) is 0 Å². The first-order valence-electron chi connectivity index (χ1n) is 8.05. The molecule has 116 valence electrons. The molecule has 0 amide bonds. The molecule has 0 saturated carbocycles. The second-order valence-electron chi connectivity index (χ2n) is 6.71. The topological polar surface area (TPSA) is 41.3 Å². The van der Waals surface area contributed by atoms with E-state index < -0.39 is 0 Å². The van der Waals surface area contributed by atoms with Gasteiger partial charge in [0.05, 0.1) is 5.54 Å². The van der Waals surface area contributed by atoms with Crippen molar-refractivity contribution in [3.05, 3.63) is 27.7 Å². The summed E-state index contributed by atoms with van der Waals surface area (Å²) in [6.07, 6.45) is 5.11. The Bertz CT molecular complexity index is 508. The maximum absolute atomic E-state index is 6.23. The molecule has 2 aliphatic rings. The molecule has 4 heteroatoms. The Kier molecular flexibility index (Phi) is 4.30. The Morgan fingerprint density at radius 3 is 2.67 bits per heavy atom. The molecule has 1 aromatic carbocycles. The Morgan fingerprint density at radius 1 is 1.29 bits per heavy atom. The second kappa shape index (κ2) is 5.90. The zero-order valence-corrected chi connectivity index (χ0v) is 14.7. The zero-order valence-electron chi connectivity index (χ0n) is 13.1. The fourth-order valence-electron chi connectivity index (χ4n) is 4.13. The Balaban J connectivity index is 1.87. The first kappa shape index (κ1) is 15.3. The summed E-state index contributed by atoms with van der Waals surface area (Å²) in [5.41, 5.74) is 10.1. The van der Waals surface area contributed by atoms with Gasteiger partial charge in [0.1, 0.15) is 0 Å². The van der Waals surface area contributed by atoms with E-state index in [9.17, 15) is 0 Å². The molecule has 2 aliphatic heterocycles. The number of nitrogens with two attached hydrogens (primary N) is 1. The van der Waals surface area contributed by atoms with Gasteiger partial charge in [-0.3, -0.25) is 4.90 Å². The summed E-state index contributed by atoms with van der Waals surface area (Å²) in [4.78, 5) is 2.64. The fourth-order valence-corrected chi connectivity index (χ4v) is 4.36. The zero-order chi connectivity index (χ0) is 15.0. The molecular formula is C17H26BrN3. The molecule has 3 rings (SSSR count). The van der Waals surface area contributed by atoms with Crippen LogP contribution < -0.4 is 11.1 Å². The number of halogens is 1. The van der Waals surface area contributed by atoms with Gasteiger partial charge in [-0.15, -0.1) is 0 Å². The number of rotatable bonds is 3. The lowest BCUT2D eigenvalue weighted by Crippen LogP contribution is -2.56. The van der Waals surface area contributed by atoms with Gasteiger partial charge >= 0.3 is 0 Å². The Labute approximate surface area is 136 Å². The van der Waals surface area contributed by atoms with E-state index in [1.165, 1.54) is 53.6 Å². The number of aryl methyl sites for hydroxylation is 2. The first-order valence-corrected chi connectivity index (χ1v) is 8.84. The van der Waals surface area contributed by atoms with Crippen LogP contribution in [0, 0.1) is 13.8 Å². The van der Waals surface area contributed by atoms with Crippen molar-refractivity contribution in [2.45, 2.75) is 51.1 Å². The minimum absolute atomic E-state index is 0.0487. The third kappa shape index (κ3) is 2.73. The average molecular weight is 352 g/mol. The van der Waals surface area contributed by atoms with Crippen LogP contribution in [0.1, 0.15) is 36.8 Å². The molecule has 0 radical (unpaired) electrons. The normalized spacial score (nSPS) is 29.4. The highest BCUT2D eigenvalue weighted by Gasteiger charge is 2.47. The molecule has 21 heavy (non-hydrogen) atoms. The highest BCUT2D eigenvalue weighted by molar-refractivity contribution is 9.10. The smallest absolute Gasteiger partial charge is 0.0662 e. The highest BCUT2D eigenvalue weighted by atomic mass is 79.9. The van der Waals surface area contributed by atoms with Crippen molar-refractivity contribution in [1.29, 1.82) is 0 Å².